The fourth-order valence-corrected chi connectivity index (χ4v) is 1.79. The number of amides is 1. The van der Waals surface area contributed by atoms with Gasteiger partial charge in [0, 0.05) is 6.61 Å². The van der Waals surface area contributed by atoms with Crippen LogP contribution in [0.15, 0.2) is 30.3 Å². The van der Waals surface area contributed by atoms with Gasteiger partial charge >= 0.3 is 6.09 Å². The average molecular weight is 249 g/mol. The number of hydrogen-bond donors (Lipinski definition) is 0. The summed E-state index contributed by atoms with van der Waals surface area (Å²) in [5, 5.41) is 0. The first-order valence-electron chi connectivity index (χ1n) is 6.37. The number of hydrogen-bond acceptors (Lipinski definition) is 3. The van der Waals surface area contributed by atoms with Gasteiger partial charge in [-0.3, -0.25) is 0 Å². The second kappa shape index (κ2) is 6.40. The molecule has 1 aromatic carbocycles. The standard InChI is InChI=1S/C14H19NO3/c1-2-8-17-13-9-15(10-13)14(16)18-11-12-6-4-3-5-7-12/h3-7,13H,2,8-11H2,1H3. The molecule has 0 spiro atoms. The van der Waals surface area contributed by atoms with Gasteiger partial charge in [0.25, 0.3) is 0 Å². The molecule has 4 nitrogen and oxygen atoms in total. The van der Waals surface area contributed by atoms with E-state index in [-0.39, 0.29) is 12.2 Å². The molecule has 2 rings (SSSR count). The molecule has 0 saturated carbocycles. The SMILES string of the molecule is CCCOC1CN(C(=O)OCc2ccccc2)C1. The number of nitrogens with zero attached hydrogens (tertiary/aromatic N) is 1. The Morgan fingerprint density at radius 1 is 1.33 bits per heavy atom. The summed E-state index contributed by atoms with van der Waals surface area (Å²) in [6.07, 6.45) is 0.944. The van der Waals surface area contributed by atoms with E-state index >= 15 is 0 Å². The van der Waals surface area contributed by atoms with Crippen LogP contribution in [-0.4, -0.2) is 36.8 Å². The average Bonchev–Trinajstić information content (AvgIpc) is 2.36. The van der Waals surface area contributed by atoms with Crippen molar-refractivity contribution in [3.63, 3.8) is 0 Å². The maximum Gasteiger partial charge on any atom is 0.410 e. The fourth-order valence-electron chi connectivity index (χ4n) is 1.79. The van der Waals surface area contributed by atoms with Crippen molar-refractivity contribution >= 4 is 6.09 Å². The Morgan fingerprint density at radius 2 is 2.06 bits per heavy atom. The third-order valence-corrected chi connectivity index (χ3v) is 2.87. The zero-order valence-corrected chi connectivity index (χ0v) is 10.7. The predicted molar refractivity (Wildman–Crippen MR) is 68.2 cm³/mol. The molecule has 18 heavy (non-hydrogen) atoms. The number of likely N-dealkylation sites (tertiary alicyclic amines) is 1. The molecule has 1 fully saturated rings. The topological polar surface area (TPSA) is 38.8 Å². The highest BCUT2D eigenvalue weighted by molar-refractivity contribution is 5.68. The molecule has 0 unspecified atom stereocenters. The van der Waals surface area contributed by atoms with Crippen molar-refractivity contribution in [2.24, 2.45) is 0 Å². The highest BCUT2D eigenvalue weighted by Gasteiger charge is 2.32. The minimum atomic E-state index is -0.254. The molecule has 1 saturated heterocycles. The van der Waals surface area contributed by atoms with Gasteiger partial charge < -0.3 is 14.4 Å². The van der Waals surface area contributed by atoms with Gasteiger partial charge in [-0.15, -0.1) is 0 Å². The number of rotatable bonds is 5. The van der Waals surface area contributed by atoms with Crippen molar-refractivity contribution in [3.05, 3.63) is 35.9 Å². The Hall–Kier alpha value is -1.55. The number of benzene rings is 1. The van der Waals surface area contributed by atoms with E-state index in [9.17, 15) is 4.79 Å². The molecular weight excluding hydrogens is 230 g/mol. The maximum absolute atomic E-state index is 11.7. The van der Waals surface area contributed by atoms with Crippen LogP contribution < -0.4 is 0 Å². The molecule has 0 N–H and O–H groups in total. The summed E-state index contributed by atoms with van der Waals surface area (Å²) in [4.78, 5) is 13.3. The first-order chi connectivity index (χ1) is 8.79. The lowest BCUT2D eigenvalue weighted by Crippen LogP contribution is -2.54. The van der Waals surface area contributed by atoms with Gasteiger partial charge in [-0.1, -0.05) is 37.3 Å². The minimum absolute atomic E-state index is 0.189. The molecule has 1 heterocycles. The van der Waals surface area contributed by atoms with Crippen LogP contribution in [0.1, 0.15) is 18.9 Å². The molecule has 98 valence electrons. The normalized spacial score (nSPS) is 15.3. The first-order valence-corrected chi connectivity index (χ1v) is 6.37. The van der Waals surface area contributed by atoms with Crippen LogP contribution >= 0.6 is 0 Å². The van der Waals surface area contributed by atoms with Crippen LogP contribution in [0, 0.1) is 0 Å². The Labute approximate surface area is 107 Å². The molecule has 0 aromatic heterocycles. The molecule has 1 aromatic rings. The van der Waals surface area contributed by atoms with Crippen molar-refractivity contribution < 1.29 is 14.3 Å². The van der Waals surface area contributed by atoms with E-state index in [1.165, 1.54) is 0 Å². The summed E-state index contributed by atoms with van der Waals surface area (Å²) in [7, 11) is 0. The molecular formula is C14H19NO3. The van der Waals surface area contributed by atoms with E-state index in [1.54, 1.807) is 4.90 Å². The molecule has 0 aliphatic carbocycles. The number of carbonyl (C=O) groups excluding carboxylic acids is 1. The summed E-state index contributed by atoms with van der Waals surface area (Å²) in [5.41, 5.74) is 1.00. The third-order valence-electron chi connectivity index (χ3n) is 2.87. The van der Waals surface area contributed by atoms with E-state index in [1.807, 2.05) is 30.3 Å². The van der Waals surface area contributed by atoms with Crippen LogP contribution in [-0.2, 0) is 16.1 Å². The molecule has 1 amide bonds. The number of ether oxygens (including phenoxy) is 2. The molecule has 0 bridgehead atoms. The Kier molecular flexibility index (Phi) is 4.59. The van der Waals surface area contributed by atoms with E-state index in [0.717, 1.165) is 18.6 Å². The maximum atomic E-state index is 11.7. The molecule has 0 atom stereocenters. The van der Waals surface area contributed by atoms with Crippen LogP contribution in [0.25, 0.3) is 0 Å². The summed E-state index contributed by atoms with van der Waals surface area (Å²) >= 11 is 0. The second-order valence-electron chi connectivity index (χ2n) is 4.44. The Balaban J connectivity index is 1.65. The Morgan fingerprint density at radius 3 is 2.72 bits per heavy atom. The summed E-state index contributed by atoms with van der Waals surface area (Å²) < 4.78 is 10.7. The van der Waals surface area contributed by atoms with E-state index < -0.39 is 0 Å². The molecule has 0 radical (unpaired) electrons. The fraction of sp³-hybridized carbons (Fsp3) is 0.500. The lowest BCUT2D eigenvalue weighted by Gasteiger charge is -2.37. The largest absolute Gasteiger partial charge is 0.445 e. The van der Waals surface area contributed by atoms with Crippen LogP contribution in [0.5, 0.6) is 0 Å². The van der Waals surface area contributed by atoms with Crippen molar-refractivity contribution in [1.82, 2.24) is 4.90 Å². The van der Waals surface area contributed by atoms with E-state index in [4.69, 9.17) is 9.47 Å². The third kappa shape index (κ3) is 3.47. The van der Waals surface area contributed by atoms with E-state index in [0.29, 0.717) is 19.7 Å². The zero-order valence-electron chi connectivity index (χ0n) is 10.7. The summed E-state index contributed by atoms with van der Waals surface area (Å²) in [6.45, 7) is 4.46. The summed E-state index contributed by atoms with van der Waals surface area (Å²) in [5.74, 6) is 0. The van der Waals surface area contributed by atoms with Gasteiger partial charge in [-0.05, 0) is 12.0 Å². The zero-order chi connectivity index (χ0) is 12.8. The number of carbonyl (C=O) groups is 1. The van der Waals surface area contributed by atoms with Crippen molar-refractivity contribution in [2.75, 3.05) is 19.7 Å². The quantitative estimate of drug-likeness (QED) is 0.804. The van der Waals surface area contributed by atoms with Crippen molar-refractivity contribution in [2.45, 2.75) is 26.1 Å². The van der Waals surface area contributed by atoms with Crippen LogP contribution in [0.2, 0.25) is 0 Å². The lowest BCUT2D eigenvalue weighted by atomic mass is 10.2. The van der Waals surface area contributed by atoms with Crippen molar-refractivity contribution in [1.29, 1.82) is 0 Å². The van der Waals surface area contributed by atoms with Gasteiger partial charge in [0.15, 0.2) is 0 Å². The van der Waals surface area contributed by atoms with Gasteiger partial charge in [0.05, 0.1) is 19.2 Å². The van der Waals surface area contributed by atoms with Crippen molar-refractivity contribution in [3.8, 4) is 0 Å². The smallest absolute Gasteiger partial charge is 0.410 e. The summed E-state index contributed by atoms with van der Waals surface area (Å²) in [6, 6.07) is 9.69. The molecule has 1 aliphatic rings. The highest BCUT2D eigenvalue weighted by Crippen LogP contribution is 2.14. The van der Waals surface area contributed by atoms with Crippen LogP contribution in [0.3, 0.4) is 0 Å². The van der Waals surface area contributed by atoms with Gasteiger partial charge in [-0.2, -0.15) is 0 Å². The predicted octanol–water partition coefficient (Wildman–Crippen LogP) is 2.43. The Bertz CT molecular complexity index is 374. The molecule has 1 aliphatic heterocycles. The van der Waals surface area contributed by atoms with Gasteiger partial charge in [0.2, 0.25) is 0 Å². The van der Waals surface area contributed by atoms with Gasteiger partial charge in [-0.25, -0.2) is 4.79 Å². The van der Waals surface area contributed by atoms with Gasteiger partial charge in [0.1, 0.15) is 6.61 Å². The lowest BCUT2D eigenvalue weighted by molar-refractivity contribution is -0.0503. The highest BCUT2D eigenvalue weighted by atomic mass is 16.6. The minimum Gasteiger partial charge on any atom is -0.445 e. The van der Waals surface area contributed by atoms with E-state index in [2.05, 4.69) is 6.92 Å². The second-order valence-corrected chi connectivity index (χ2v) is 4.44. The molecule has 4 heteroatoms. The monoisotopic (exact) mass is 249 g/mol. The van der Waals surface area contributed by atoms with Crippen LogP contribution in [0.4, 0.5) is 4.79 Å². The first kappa shape index (κ1) is 12.9.